The fraction of sp³-hybridized carbons (Fsp3) is 0.571. The lowest BCUT2D eigenvalue weighted by Gasteiger charge is -2.44. The molecular weight excluding hydrogens is 184 g/mol. The molecule has 1 heteroatoms. The molecule has 3 fully saturated rings. The fourth-order valence-electron chi connectivity index (χ4n) is 4.00. The van der Waals surface area contributed by atoms with E-state index in [-0.39, 0.29) is 0 Å². The van der Waals surface area contributed by atoms with E-state index in [1.54, 1.807) is 0 Å². The van der Waals surface area contributed by atoms with Gasteiger partial charge in [0.2, 0.25) is 0 Å². The highest BCUT2D eigenvalue weighted by atomic mass is 16.5. The van der Waals surface area contributed by atoms with Crippen molar-refractivity contribution in [3.63, 3.8) is 0 Å². The van der Waals surface area contributed by atoms with Crippen LogP contribution in [0.1, 0.15) is 37.2 Å². The summed E-state index contributed by atoms with van der Waals surface area (Å²) >= 11 is 0. The third kappa shape index (κ3) is 0.987. The van der Waals surface area contributed by atoms with Crippen molar-refractivity contribution in [1.29, 1.82) is 0 Å². The van der Waals surface area contributed by atoms with E-state index in [1.165, 1.54) is 37.0 Å². The molecule has 1 aromatic rings. The van der Waals surface area contributed by atoms with Gasteiger partial charge in [-0.25, -0.2) is 0 Å². The number of benzene rings is 1. The van der Waals surface area contributed by atoms with Gasteiger partial charge in [-0.3, -0.25) is 0 Å². The summed E-state index contributed by atoms with van der Waals surface area (Å²) in [5.74, 6) is 3.65. The van der Waals surface area contributed by atoms with Crippen LogP contribution in [0.25, 0.3) is 0 Å². The van der Waals surface area contributed by atoms with Gasteiger partial charge in [-0.15, -0.1) is 0 Å². The molecule has 4 aliphatic rings. The van der Waals surface area contributed by atoms with E-state index in [1.807, 2.05) is 0 Å². The molecular formula is C14H16O. The van der Waals surface area contributed by atoms with Crippen LogP contribution in [-0.2, 0) is 0 Å². The van der Waals surface area contributed by atoms with Crippen molar-refractivity contribution in [1.82, 2.24) is 0 Å². The summed E-state index contributed by atoms with van der Waals surface area (Å²) in [7, 11) is 0. The molecule has 0 saturated heterocycles. The minimum atomic E-state index is 0.523. The number of rotatable bonds is 0. The Bertz CT molecular complexity index is 390. The summed E-state index contributed by atoms with van der Waals surface area (Å²) in [4.78, 5) is 0. The van der Waals surface area contributed by atoms with Gasteiger partial charge in [0.1, 0.15) is 11.9 Å². The van der Waals surface area contributed by atoms with Gasteiger partial charge < -0.3 is 4.74 Å². The molecule has 5 rings (SSSR count). The molecule has 2 bridgehead atoms. The summed E-state index contributed by atoms with van der Waals surface area (Å²) in [6.45, 7) is 0. The first-order chi connectivity index (χ1) is 7.43. The summed E-state index contributed by atoms with van der Waals surface area (Å²) < 4.78 is 6.14. The molecule has 2 unspecified atom stereocenters. The van der Waals surface area contributed by atoms with Crippen LogP contribution in [0.3, 0.4) is 0 Å². The van der Waals surface area contributed by atoms with Crippen LogP contribution in [0.15, 0.2) is 24.3 Å². The first-order valence-electron chi connectivity index (χ1n) is 6.19. The highest BCUT2D eigenvalue weighted by Gasteiger charge is 2.49. The monoisotopic (exact) mass is 200 g/mol. The van der Waals surface area contributed by atoms with Crippen LogP contribution in [0.4, 0.5) is 0 Å². The Labute approximate surface area is 90.4 Å². The van der Waals surface area contributed by atoms with Crippen molar-refractivity contribution in [2.75, 3.05) is 0 Å². The maximum atomic E-state index is 6.14. The molecule has 0 radical (unpaired) electrons. The van der Waals surface area contributed by atoms with E-state index in [0.717, 1.165) is 17.8 Å². The van der Waals surface area contributed by atoms with Crippen LogP contribution in [-0.4, -0.2) is 6.10 Å². The largest absolute Gasteiger partial charge is 0.489 e. The van der Waals surface area contributed by atoms with Gasteiger partial charge >= 0.3 is 0 Å². The minimum Gasteiger partial charge on any atom is -0.489 e. The maximum absolute atomic E-state index is 6.14. The van der Waals surface area contributed by atoms with E-state index < -0.39 is 0 Å². The summed E-state index contributed by atoms with van der Waals surface area (Å²) in [5.41, 5.74) is 1.50. The molecule has 1 aliphatic heterocycles. The first kappa shape index (κ1) is 8.20. The van der Waals surface area contributed by atoms with Gasteiger partial charge in [0.25, 0.3) is 0 Å². The Hall–Kier alpha value is -0.980. The molecule has 1 heterocycles. The third-order valence-corrected chi connectivity index (χ3v) is 4.68. The Morgan fingerprint density at radius 2 is 1.67 bits per heavy atom. The van der Waals surface area contributed by atoms with E-state index in [4.69, 9.17) is 4.74 Å². The lowest BCUT2D eigenvalue weighted by molar-refractivity contribution is 0.0189. The van der Waals surface area contributed by atoms with E-state index in [0.29, 0.717) is 6.10 Å². The Morgan fingerprint density at radius 3 is 2.53 bits per heavy atom. The predicted molar refractivity (Wildman–Crippen MR) is 59.0 cm³/mol. The topological polar surface area (TPSA) is 9.23 Å². The second-order valence-electron chi connectivity index (χ2n) is 5.32. The molecule has 0 N–H and O–H groups in total. The second kappa shape index (κ2) is 2.78. The first-order valence-corrected chi connectivity index (χ1v) is 6.19. The minimum absolute atomic E-state index is 0.523. The lowest BCUT2D eigenvalue weighted by Crippen LogP contribution is -2.42. The molecule has 2 atom stereocenters. The molecule has 15 heavy (non-hydrogen) atoms. The van der Waals surface area contributed by atoms with Gasteiger partial charge in [-0.05, 0) is 43.6 Å². The Morgan fingerprint density at radius 1 is 0.933 bits per heavy atom. The van der Waals surface area contributed by atoms with Gasteiger partial charge in [0.15, 0.2) is 0 Å². The van der Waals surface area contributed by atoms with Gasteiger partial charge in [-0.2, -0.15) is 0 Å². The summed E-state index contributed by atoms with van der Waals surface area (Å²) in [6, 6.07) is 8.68. The SMILES string of the molecule is c1ccc2c(c1)OC1C3CCC(CC3)C21. The third-order valence-electron chi connectivity index (χ3n) is 4.68. The van der Waals surface area contributed by atoms with Crippen molar-refractivity contribution in [3.8, 4) is 5.75 Å². The number of ether oxygens (including phenoxy) is 1. The van der Waals surface area contributed by atoms with E-state index >= 15 is 0 Å². The average Bonchev–Trinajstić information content (AvgIpc) is 2.71. The average molecular weight is 200 g/mol. The summed E-state index contributed by atoms with van der Waals surface area (Å²) in [6.07, 6.45) is 6.20. The van der Waals surface area contributed by atoms with Gasteiger partial charge in [-0.1, -0.05) is 18.2 Å². The molecule has 3 aliphatic carbocycles. The van der Waals surface area contributed by atoms with Crippen molar-refractivity contribution in [2.45, 2.75) is 37.7 Å². The number of hydrogen-bond acceptors (Lipinski definition) is 1. The quantitative estimate of drug-likeness (QED) is 0.624. The second-order valence-corrected chi connectivity index (χ2v) is 5.32. The van der Waals surface area contributed by atoms with Crippen molar-refractivity contribution < 1.29 is 4.74 Å². The molecule has 78 valence electrons. The standard InChI is InChI=1S/C14H16O/c1-2-4-12-11(3-1)13-9-5-7-10(8-6-9)14(13)15-12/h1-4,9-10,13-14H,5-8H2. The van der Waals surface area contributed by atoms with Crippen molar-refractivity contribution in [2.24, 2.45) is 11.8 Å². The smallest absolute Gasteiger partial charge is 0.123 e. The fourth-order valence-corrected chi connectivity index (χ4v) is 4.00. The zero-order chi connectivity index (χ0) is 9.83. The van der Waals surface area contributed by atoms with Crippen LogP contribution in [0, 0.1) is 11.8 Å². The normalized spacial score (nSPS) is 40.8. The molecule has 0 aromatic heterocycles. The molecule has 3 saturated carbocycles. The van der Waals surface area contributed by atoms with E-state index in [2.05, 4.69) is 24.3 Å². The zero-order valence-corrected chi connectivity index (χ0v) is 8.86. The van der Waals surface area contributed by atoms with Crippen LogP contribution < -0.4 is 4.74 Å². The highest BCUT2D eigenvalue weighted by molar-refractivity contribution is 5.42. The predicted octanol–water partition coefficient (Wildman–Crippen LogP) is 3.35. The number of fused-ring (bicyclic) bond motifs is 3. The maximum Gasteiger partial charge on any atom is 0.123 e. The van der Waals surface area contributed by atoms with Crippen molar-refractivity contribution >= 4 is 0 Å². The number of hydrogen-bond donors (Lipinski definition) is 0. The van der Waals surface area contributed by atoms with Crippen LogP contribution in [0.2, 0.25) is 0 Å². The molecule has 1 nitrogen and oxygen atoms in total. The summed E-state index contributed by atoms with van der Waals surface area (Å²) in [5, 5.41) is 0. The zero-order valence-electron chi connectivity index (χ0n) is 8.86. The van der Waals surface area contributed by atoms with Crippen LogP contribution >= 0.6 is 0 Å². The Balaban J connectivity index is 1.83. The number of para-hydroxylation sites is 1. The van der Waals surface area contributed by atoms with Crippen LogP contribution in [0.5, 0.6) is 5.75 Å². The lowest BCUT2D eigenvalue weighted by atomic mass is 9.62. The molecule has 0 spiro atoms. The Kier molecular flexibility index (Phi) is 1.52. The van der Waals surface area contributed by atoms with Gasteiger partial charge in [0.05, 0.1) is 0 Å². The van der Waals surface area contributed by atoms with E-state index in [9.17, 15) is 0 Å². The van der Waals surface area contributed by atoms with Crippen molar-refractivity contribution in [3.05, 3.63) is 29.8 Å². The molecule has 0 amide bonds. The van der Waals surface area contributed by atoms with Gasteiger partial charge in [0, 0.05) is 11.5 Å². The molecule has 1 aromatic carbocycles. The highest BCUT2D eigenvalue weighted by Crippen LogP contribution is 2.56.